The number of nitrogens with zero attached hydrogens (tertiary/aromatic N) is 3. The van der Waals surface area contributed by atoms with Crippen molar-refractivity contribution >= 4 is 23.0 Å². The third kappa shape index (κ3) is 3.23. The number of aryl methyl sites for hydroxylation is 1. The van der Waals surface area contributed by atoms with Gasteiger partial charge in [-0.3, -0.25) is 20.2 Å². The molecule has 0 atom stereocenters. The molecular weight excluding hydrogens is 302 g/mol. The molecule has 0 bridgehead atoms. The Morgan fingerprint density at radius 1 is 1.19 bits per heavy atom. The molecule has 0 saturated heterocycles. The van der Waals surface area contributed by atoms with Crippen LogP contribution in [-0.4, -0.2) is 14.8 Å². The zero-order valence-electron chi connectivity index (χ0n) is 10.6. The van der Waals surface area contributed by atoms with Gasteiger partial charge >= 0.3 is 5.69 Å². The Bertz CT molecular complexity index is 735. The molecule has 0 saturated carbocycles. The number of rotatable bonds is 4. The number of para-hydroxylation sites is 1. The van der Waals surface area contributed by atoms with Crippen LogP contribution in [0.2, 0.25) is 5.15 Å². The third-order valence-corrected chi connectivity index (χ3v) is 2.75. The maximum Gasteiger partial charge on any atom is 0.311 e. The quantitative estimate of drug-likeness (QED) is 0.484. The first kappa shape index (κ1) is 14.7. The van der Waals surface area contributed by atoms with Crippen molar-refractivity contribution in [3.63, 3.8) is 0 Å². The van der Waals surface area contributed by atoms with Crippen molar-refractivity contribution in [3.05, 3.63) is 61.3 Å². The van der Waals surface area contributed by atoms with Crippen LogP contribution in [0.5, 0.6) is 11.6 Å². The summed E-state index contributed by atoms with van der Waals surface area (Å²) in [4.78, 5) is 24.2. The van der Waals surface area contributed by atoms with Gasteiger partial charge in [0.1, 0.15) is 5.15 Å². The van der Waals surface area contributed by atoms with Gasteiger partial charge in [-0.2, -0.15) is 0 Å². The highest BCUT2D eigenvalue weighted by molar-refractivity contribution is 6.29. The number of nitro benzene ring substituents is 1. The van der Waals surface area contributed by atoms with E-state index in [-0.39, 0.29) is 28.2 Å². The van der Waals surface area contributed by atoms with Gasteiger partial charge in [0, 0.05) is 6.07 Å². The van der Waals surface area contributed by atoms with Gasteiger partial charge in [-0.1, -0.05) is 23.7 Å². The van der Waals surface area contributed by atoms with Crippen LogP contribution in [0.4, 0.5) is 11.4 Å². The summed E-state index contributed by atoms with van der Waals surface area (Å²) in [7, 11) is 0. The summed E-state index contributed by atoms with van der Waals surface area (Å²) in [5.41, 5.74) is -0.0886. The Hall–Kier alpha value is -2.74. The number of halogens is 1. The van der Waals surface area contributed by atoms with E-state index in [0.717, 1.165) is 12.1 Å². The first-order valence-corrected chi connectivity index (χ1v) is 6.00. The number of benzene rings is 1. The SMILES string of the molecule is Cc1cccc([N+](=O)[O-])c1Oc1cc([N+](=O)[O-])cc(Cl)n1. The molecule has 0 N–H and O–H groups in total. The Morgan fingerprint density at radius 3 is 2.52 bits per heavy atom. The van der Waals surface area contributed by atoms with Gasteiger partial charge in [0.05, 0.1) is 22.0 Å². The second-order valence-corrected chi connectivity index (χ2v) is 4.41. The Labute approximate surface area is 123 Å². The molecule has 108 valence electrons. The maximum atomic E-state index is 11.0. The minimum absolute atomic E-state index is 0.0356. The van der Waals surface area contributed by atoms with Gasteiger partial charge in [-0.25, -0.2) is 4.98 Å². The van der Waals surface area contributed by atoms with Crippen molar-refractivity contribution < 1.29 is 14.6 Å². The Balaban J connectivity index is 2.48. The molecule has 1 aromatic heterocycles. The van der Waals surface area contributed by atoms with Crippen LogP contribution in [-0.2, 0) is 0 Å². The Morgan fingerprint density at radius 2 is 1.90 bits per heavy atom. The largest absolute Gasteiger partial charge is 0.431 e. The van der Waals surface area contributed by atoms with E-state index in [1.165, 1.54) is 12.1 Å². The van der Waals surface area contributed by atoms with Gasteiger partial charge in [0.25, 0.3) is 5.69 Å². The van der Waals surface area contributed by atoms with Crippen molar-refractivity contribution in [2.24, 2.45) is 0 Å². The lowest BCUT2D eigenvalue weighted by molar-refractivity contribution is -0.386. The van der Waals surface area contributed by atoms with E-state index in [4.69, 9.17) is 16.3 Å². The van der Waals surface area contributed by atoms with E-state index in [2.05, 4.69) is 4.98 Å². The smallest absolute Gasteiger partial charge is 0.311 e. The molecule has 0 aliphatic rings. The van der Waals surface area contributed by atoms with Crippen molar-refractivity contribution in [2.75, 3.05) is 0 Å². The lowest BCUT2D eigenvalue weighted by Crippen LogP contribution is -1.98. The van der Waals surface area contributed by atoms with Crippen LogP contribution < -0.4 is 4.74 Å². The highest BCUT2D eigenvalue weighted by Gasteiger charge is 2.20. The molecule has 21 heavy (non-hydrogen) atoms. The molecule has 0 spiro atoms. The fourth-order valence-electron chi connectivity index (χ4n) is 1.64. The van der Waals surface area contributed by atoms with Gasteiger partial charge < -0.3 is 4.74 Å². The van der Waals surface area contributed by atoms with E-state index < -0.39 is 9.85 Å². The third-order valence-electron chi connectivity index (χ3n) is 2.56. The molecule has 2 aromatic rings. The van der Waals surface area contributed by atoms with E-state index in [1.807, 2.05) is 0 Å². The molecule has 2 rings (SSSR count). The van der Waals surface area contributed by atoms with Gasteiger partial charge in [0.15, 0.2) is 0 Å². The molecule has 9 heteroatoms. The van der Waals surface area contributed by atoms with Gasteiger partial charge in [0.2, 0.25) is 11.6 Å². The predicted molar refractivity (Wildman–Crippen MR) is 73.8 cm³/mol. The molecule has 0 aliphatic carbocycles. The van der Waals surface area contributed by atoms with Crippen molar-refractivity contribution in [2.45, 2.75) is 6.92 Å². The first-order valence-electron chi connectivity index (χ1n) is 5.62. The lowest BCUT2D eigenvalue weighted by atomic mass is 10.2. The zero-order valence-corrected chi connectivity index (χ0v) is 11.4. The molecular formula is C12H8ClN3O5. The van der Waals surface area contributed by atoms with Crippen molar-refractivity contribution in [1.29, 1.82) is 0 Å². The summed E-state index contributed by atoms with van der Waals surface area (Å²) in [6, 6.07) is 6.49. The summed E-state index contributed by atoms with van der Waals surface area (Å²) in [5, 5.41) is 21.6. The number of aromatic nitrogens is 1. The van der Waals surface area contributed by atoms with Crippen LogP contribution in [0.15, 0.2) is 30.3 Å². The normalized spacial score (nSPS) is 10.2. The Kier molecular flexibility index (Phi) is 3.99. The zero-order chi connectivity index (χ0) is 15.6. The minimum Gasteiger partial charge on any atom is -0.431 e. The van der Waals surface area contributed by atoms with Crippen LogP contribution in [0, 0.1) is 27.2 Å². The number of ether oxygens (including phenoxy) is 1. The first-order chi connectivity index (χ1) is 9.88. The van der Waals surface area contributed by atoms with E-state index in [9.17, 15) is 20.2 Å². The van der Waals surface area contributed by atoms with Crippen LogP contribution in [0.3, 0.4) is 0 Å². The number of hydrogen-bond acceptors (Lipinski definition) is 6. The predicted octanol–water partition coefficient (Wildman–Crippen LogP) is 3.65. The molecule has 0 radical (unpaired) electrons. The number of hydrogen-bond donors (Lipinski definition) is 0. The highest BCUT2D eigenvalue weighted by atomic mass is 35.5. The molecule has 8 nitrogen and oxygen atoms in total. The van der Waals surface area contributed by atoms with E-state index in [1.54, 1.807) is 13.0 Å². The highest BCUT2D eigenvalue weighted by Crippen LogP contribution is 2.35. The minimum atomic E-state index is -0.660. The summed E-state index contributed by atoms with van der Waals surface area (Å²) in [6.45, 7) is 1.61. The second kappa shape index (κ2) is 5.71. The molecule has 0 fully saturated rings. The van der Waals surface area contributed by atoms with Crippen LogP contribution in [0.25, 0.3) is 0 Å². The molecule has 1 heterocycles. The molecule has 1 aromatic carbocycles. The fraction of sp³-hybridized carbons (Fsp3) is 0.0833. The maximum absolute atomic E-state index is 11.0. The standard InChI is InChI=1S/C12H8ClN3O5/c1-7-3-2-4-9(16(19)20)12(7)21-11-6-8(15(17)18)5-10(13)14-11/h2-6H,1H3. The van der Waals surface area contributed by atoms with E-state index >= 15 is 0 Å². The molecule has 0 unspecified atom stereocenters. The van der Waals surface area contributed by atoms with E-state index in [0.29, 0.717) is 5.56 Å². The lowest BCUT2D eigenvalue weighted by Gasteiger charge is -2.08. The summed E-state index contributed by atoms with van der Waals surface area (Å²) in [5.74, 6) is -0.224. The van der Waals surface area contributed by atoms with Crippen LogP contribution in [0.1, 0.15) is 5.56 Å². The molecule has 0 aliphatic heterocycles. The number of nitro groups is 2. The second-order valence-electron chi connectivity index (χ2n) is 4.03. The van der Waals surface area contributed by atoms with Gasteiger partial charge in [-0.05, 0) is 12.5 Å². The van der Waals surface area contributed by atoms with Crippen molar-refractivity contribution in [1.82, 2.24) is 4.98 Å². The fourth-order valence-corrected chi connectivity index (χ4v) is 1.83. The topological polar surface area (TPSA) is 108 Å². The molecule has 0 amide bonds. The van der Waals surface area contributed by atoms with Crippen LogP contribution >= 0.6 is 11.6 Å². The van der Waals surface area contributed by atoms with Crippen molar-refractivity contribution in [3.8, 4) is 11.6 Å². The average Bonchev–Trinajstić information content (AvgIpc) is 2.40. The average molecular weight is 310 g/mol. The summed E-state index contributed by atoms with van der Waals surface area (Å²) < 4.78 is 5.33. The monoisotopic (exact) mass is 309 g/mol. The van der Waals surface area contributed by atoms with Gasteiger partial charge in [-0.15, -0.1) is 0 Å². The number of pyridine rings is 1. The summed E-state index contributed by atoms with van der Waals surface area (Å²) >= 11 is 5.67. The summed E-state index contributed by atoms with van der Waals surface area (Å²) in [6.07, 6.45) is 0.